The fourth-order valence-electron chi connectivity index (χ4n) is 0.525. The van der Waals surface area contributed by atoms with Gasteiger partial charge in [0.05, 0.1) is 0 Å². The second kappa shape index (κ2) is 4.98. The van der Waals surface area contributed by atoms with Crippen LogP contribution in [0.2, 0.25) is 0 Å². The molecule has 1 aliphatic heterocycles. The molecule has 1 heterocycles. The zero-order valence-corrected chi connectivity index (χ0v) is 6.80. The summed E-state index contributed by atoms with van der Waals surface area (Å²) in [4.78, 5) is 0. The van der Waals surface area contributed by atoms with Crippen molar-refractivity contribution in [1.29, 1.82) is 0 Å². The first-order valence-corrected chi connectivity index (χ1v) is 3.92. The number of hydrogen-bond acceptors (Lipinski definition) is 4. The zero-order chi connectivity index (χ0) is 7.94. The Labute approximate surface area is 70.5 Å². The van der Waals surface area contributed by atoms with Crippen molar-refractivity contribution in [2.24, 2.45) is 4.40 Å². The van der Waals surface area contributed by atoms with Gasteiger partial charge in [-0.1, -0.05) is 18.2 Å². The molecule has 0 aliphatic carbocycles. The Balaban J connectivity index is 2.28. The lowest BCUT2D eigenvalue weighted by Gasteiger charge is -1.87. The molecule has 0 saturated heterocycles. The molecule has 0 aromatic rings. The number of amidine groups is 1. The third-order valence-corrected chi connectivity index (χ3v) is 1.42. The van der Waals surface area contributed by atoms with Crippen molar-refractivity contribution in [2.75, 3.05) is 0 Å². The smallest absolute Gasteiger partial charge is 0.166 e. The van der Waals surface area contributed by atoms with E-state index in [1.165, 1.54) is 0 Å². The Morgan fingerprint density at radius 3 is 3.18 bits per heavy atom. The molecular weight excluding hydrogens is 160 g/mol. The monoisotopic (exact) mass is 169 g/mol. The molecule has 1 radical (unpaired) electrons. The van der Waals surface area contributed by atoms with Crippen LogP contribution in [0.5, 0.6) is 0 Å². The predicted octanol–water partition coefficient (Wildman–Crippen LogP) is 1.82. The molecule has 0 bridgehead atoms. The minimum atomic E-state index is 0.726. The van der Waals surface area contributed by atoms with Crippen LogP contribution < -0.4 is 5.48 Å². The van der Waals surface area contributed by atoms with E-state index >= 15 is 0 Å². The van der Waals surface area contributed by atoms with Gasteiger partial charge in [-0.2, -0.15) is 8.68 Å². The maximum atomic E-state index is 4.69. The maximum absolute atomic E-state index is 4.69. The SMILES string of the molecule is [CH2]CC=CC=CC1=NSON1. The number of allylic oxidation sites excluding steroid dienone is 3. The van der Waals surface area contributed by atoms with Gasteiger partial charge in [-0.05, 0) is 19.4 Å². The zero-order valence-electron chi connectivity index (χ0n) is 5.99. The van der Waals surface area contributed by atoms with Gasteiger partial charge in [0, 0.05) is 0 Å². The number of hydroxylamine groups is 1. The Morgan fingerprint density at radius 1 is 1.64 bits per heavy atom. The quantitative estimate of drug-likeness (QED) is 0.397. The van der Waals surface area contributed by atoms with Gasteiger partial charge in [-0.25, -0.2) is 5.48 Å². The number of hydrogen-bond donors (Lipinski definition) is 1. The first kappa shape index (κ1) is 8.36. The van der Waals surface area contributed by atoms with E-state index in [0.717, 1.165) is 24.5 Å². The summed E-state index contributed by atoms with van der Waals surface area (Å²) in [5.74, 6) is 0.726. The van der Waals surface area contributed by atoms with Crippen LogP contribution in [0.15, 0.2) is 28.7 Å². The van der Waals surface area contributed by atoms with Crippen LogP contribution in [-0.4, -0.2) is 5.84 Å². The van der Waals surface area contributed by atoms with E-state index < -0.39 is 0 Å². The minimum absolute atomic E-state index is 0.726. The molecule has 1 aliphatic rings. The highest BCUT2D eigenvalue weighted by Gasteiger charge is 2.00. The van der Waals surface area contributed by atoms with Crippen molar-refractivity contribution < 1.29 is 4.28 Å². The van der Waals surface area contributed by atoms with E-state index in [1.54, 1.807) is 0 Å². The van der Waals surface area contributed by atoms with Gasteiger partial charge in [-0.3, -0.25) is 0 Å². The van der Waals surface area contributed by atoms with Gasteiger partial charge in [0.25, 0.3) is 0 Å². The molecule has 0 atom stereocenters. The highest BCUT2D eigenvalue weighted by atomic mass is 32.2. The van der Waals surface area contributed by atoms with E-state index in [4.69, 9.17) is 0 Å². The van der Waals surface area contributed by atoms with Crippen molar-refractivity contribution in [3.05, 3.63) is 31.2 Å². The molecule has 11 heavy (non-hydrogen) atoms. The molecule has 0 aromatic carbocycles. The van der Waals surface area contributed by atoms with E-state index in [2.05, 4.69) is 21.1 Å². The van der Waals surface area contributed by atoms with Crippen molar-refractivity contribution in [1.82, 2.24) is 5.48 Å². The van der Waals surface area contributed by atoms with Gasteiger partial charge >= 0.3 is 0 Å². The summed E-state index contributed by atoms with van der Waals surface area (Å²) in [6.07, 6.45) is 8.38. The molecule has 0 amide bonds. The Bertz CT molecular complexity index is 199. The summed E-state index contributed by atoms with van der Waals surface area (Å²) in [7, 11) is 0. The lowest BCUT2D eigenvalue weighted by atomic mass is 10.4. The lowest BCUT2D eigenvalue weighted by molar-refractivity contribution is 0.328. The van der Waals surface area contributed by atoms with E-state index in [9.17, 15) is 0 Å². The first-order chi connectivity index (χ1) is 5.43. The van der Waals surface area contributed by atoms with Crippen LogP contribution in [0.4, 0.5) is 0 Å². The van der Waals surface area contributed by atoms with Gasteiger partial charge in [0.2, 0.25) is 0 Å². The fourth-order valence-corrected chi connectivity index (χ4v) is 0.863. The Morgan fingerprint density at radius 2 is 2.55 bits per heavy atom. The molecule has 59 valence electrons. The molecular formula is C7H9N2OS. The summed E-state index contributed by atoms with van der Waals surface area (Å²) in [5.41, 5.74) is 2.61. The summed E-state index contributed by atoms with van der Waals surface area (Å²) in [5, 5.41) is 0. The number of nitrogens with one attached hydrogen (secondary N) is 1. The van der Waals surface area contributed by atoms with Gasteiger partial charge in [0.15, 0.2) is 18.1 Å². The second-order valence-corrected chi connectivity index (χ2v) is 2.31. The van der Waals surface area contributed by atoms with Crippen LogP contribution in [-0.2, 0) is 4.28 Å². The van der Waals surface area contributed by atoms with Crippen molar-refractivity contribution in [3.63, 3.8) is 0 Å². The van der Waals surface area contributed by atoms with E-state index in [1.807, 2.05) is 24.3 Å². The molecule has 0 saturated carbocycles. The van der Waals surface area contributed by atoms with Crippen LogP contribution in [0.25, 0.3) is 0 Å². The maximum Gasteiger partial charge on any atom is 0.166 e. The third kappa shape index (κ3) is 3.25. The predicted molar refractivity (Wildman–Crippen MR) is 47.5 cm³/mol. The summed E-state index contributed by atoms with van der Waals surface area (Å²) in [6, 6.07) is 0. The topological polar surface area (TPSA) is 33.6 Å². The van der Waals surface area contributed by atoms with Crippen molar-refractivity contribution in [3.8, 4) is 0 Å². The highest BCUT2D eigenvalue weighted by molar-refractivity contribution is 7.93. The molecule has 0 spiro atoms. The summed E-state index contributed by atoms with van der Waals surface area (Å²) < 4.78 is 8.59. The molecule has 4 heteroatoms. The number of nitrogens with zero attached hydrogens (tertiary/aromatic N) is 1. The highest BCUT2D eigenvalue weighted by Crippen LogP contribution is 2.08. The molecule has 1 rings (SSSR count). The Hall–Kier alpha value is -0.740. The van der Waals surface area contributed by atoms with E-state index in [0.29, 0.717) is 0 Å². The van der Waals surface area contributed by atoms with Crippen LogP contribution >= 0.6 is 12.2 Å². The molecule has 3 nitrogen and oxygen atoms in total. The average Bonchev–Trinajstić information content (AvgIpc) is 2.50. The van der Waals surface area contributed by atoms with Gasteiger partial charge in [-0.15, -0.1) is 0 Å². The van der Waals surface area contributed by atoms with Crippen molar-refractivity contribution in [2.45, 2.75) is 6.42 Å². The molecule has 0 aromatic heterocycles. The number of rotatable bonds is 3. The molecule has 1 N–H and O–H groups in total. The lowest BCUT2D eigenvalue weighted by Crippen LogP contribution is -2.12. The first-order valence-electron chi connectivity index (χ1n) is 3.22. The average molecular weight is 169 g/mol. The Kier molecular flexibility index (Phi) is 3.79. The van der Waals surface area contributed by atoms with Crippen LogP contribution in [0, 0.1) is 6.92 Å². The van der Waals surface area contributed by atoms with E-state index in [-0.39, 0.29) is 0 Å². The molecule has 0 unspecified atom stereocenters. The van der Waals surface area contributed by atoms with Crippen LogP contribution in [0.3, 0.4) is 0 Å². The largest absolute Gasteiger partial charge is 0.233 e. The summed E-state index contributed by atoms with van der Waals surface area (Å²) in [6.45, 7) is 3.66. The fraction of sp³-hybridized carbons (Fsp3) is 0.143. The van der Waals surface area contributed by atoms with Crippen LogP contribution in [0.1, 0.15) is 6.42 Å². The normalized spacial score (nSPS) is 17.7. The standard InChI is InChI=1S/C7H9N2OS/c1-2-3-4-5-6-7-8-10-11-9-7/h3-6H,1-2H2,(H,8,9). The van der Waals surface area contributed by atoms with Gasteiger partial charge in [0.1, 0.15) is 0 Å². The van der Waals surface area contributed by atoms with Crippen molar-refractivity contribution >= 4 is 18.1 Å². The third-order valence-electron chi connectivity index (χ3n) is 0.987. The molecule has 0 fully saturated rings. The minimum Gasteiger partial charge on any atom is -0.233 e. The summed E-state index contributed by atoms with van der Waals surface area (Å²) >= 11 is 1.04. The van der Waals surface area contributed by atoms with Gasteiger partial charge < -0.3 is 0 Å². The second-order valence-electron chi connectivity index (χ2n) is 1.81.